The molecule has 0 spiro atoms. The first-order valence-electron chi connectivity index (χ1n) is 7.18. The molecule has 6 heteroatoms. The van der Waals surface area contributed by atoms with Crippen LogP contribution in [-0.4, -0.2) is 21.0 Å². The van der Waals surface area contributed by atoms with Gasteiger partial charge in [0, 0.05) is 6.42 Å². The lowest BCUT2D eigenvalue weighted by Gasteiger charge is -2.05. The molecule has 23 heavy (non-hydrogen) atoms. The predicted molar refractivity (Wildman–Crippen MR) is 90.7 cm³/mol. The van der Waals surface area contributed by atoms with Crippen molar-refractivity contribution in [3.63, 3.8) is 0 Å². The summed E-state index contributed by atoms with van der Waals surface area (Å²) in [6.45, 7) is 5.73. The Morgan fingerprint density at radius 2 is 2.00 bits per heavy atom. The minimum Gasteiger partial charge on any atom is -0.477 e. The number of nitrogens with zero attached hydrogens (tertiary/aromatic N) is 1. The van der Waals surface area contributed by atoms with Crippen LogP contribution in [0.15, 0.2) is 23.0 Å². The number of hydrogen-bond donors (Lipinski definition) is 2. The highest BCUT2D eigenvalue weighted by Gasteiger charge is 2.18. The molecule has 3 aromatic rings. The highest BCUT2D eigenvalue weighted by Crippen LogP contribution is 2.27. The number of carboxylic acids is 1. The monoisotopic (exact) mass is 328 g/mol. The number of aromatic nitrogens is 2. The summed E-state index contributed by atoms with van der Waals surface area (Å²) in [5, 5.41) is 9.56. The Kier molecular flexibility index (Phi) is 3.77. The summed E-state index contributed by atoms with van der Waals surface area (Å²) in [5.41, 5.74) is 3.65. The molecule has 0 fully saturated rings. The number of carbonyl (C=O) groups is 1. The maximum Gasteiger partial charge on any atom is 0.346 e. The van der Waals surface area contributed by atoms with Crippen molar-refractivity contribution in [1.82, 2.24) is 9.97 Å². The van der Waals surface area contributed by atoms with E-state index in [1.807, 2.05) is 26.0 Å². The molecule has 0 bridgehead atoms. The number of aromatic amines is 1. The fourth-order valence-corrected chi connectivity index (χ4v) is 3.62. The Balaban J connectivity index is 2.07. The largest absolute Gasteiger partial charge is 0.477 e. The van der Waals surface area contributed by atoms with Gasteiger partial charge in [-0.1, -0.05) is 18.2 Å². The quantitative estimate of drug-likeness (QED) is 0.773. The normalized spacial score (nSPS) is 11.1. The van der Waals surface area contributed by atoms with Crippen LogP contribution in [0.25, 0.3) is 10.2 Å². The molecule has 0 unspecified atom stereocenters. The van der Waals surface area contributed by atoms with E-state index in [1.54, 1.807) is 6.92 Å². The molecule has 0 saturated heterocycles. The standard InChI is InChI=1S/C17H16N2O3S/c1-8-4-5-11(6-9(8)2)7-12-18-15(20)13-10(3)14(17(21)22)23-16(13)19-12/h4-6H,7H2,1-3H3,(H,21,22)(H,18,19,20). The van der Waals surface area contributed by atoms with E-state index in [0.29, 0.717) is 28.0 Å². The Bertz CT molecular complexity index is 985. The number of benzene rings is 1. The minimum atomic E-state index is -1.03. The van der Waals surface area contributed by atoms with Crippen LogP contribution in [0.5, 0.6) is 0 Å². The zero-order chi connectivity index (χ0) is 16.7. The van der Waals surface area contributed by atoms with Gasteiger partial charge in [-0.05, 0) is 43.0 Å². The van der Waals surface area contributed by atoms with Gasteiger partial charge in [-0.25, -0.2) is 9.78 Å². The lowest BCUT2D eigenvalue weighted by Crippen LogP contribution is -2.12. The first-order chi connectivity index (χ1) is 10.9. The molecule has 5 nitrogen and oxygen atoms in total. The predicted octanol–water partition coefficient (Wildman–Crippen LogP) is 3.20. The van der Waals surface area contributed by atoms with E-state index in [9.17, 15) is 14.7 Å². The molecule has 0 saturated carbocycles. The van der Waals surface area contributed by atoms with Crippen LogP contribution < -0.4 is 5.56 Å². The summed E-state index contributed by atoms with van der Waals surface area (Å²) in [6, 6.07) is 6.12. The molecular formula is C17H16N2O3S. The van der Waals surface area contributed by atoms with Crippen molar-refractivity contribution in [2.45, 2.75) is 27.2 Å². The fraction of sp³-hybridized carbons (Fsp3) is 0.235. The van der Waals surface area contributed by atoms with Gasteiger partial charge >= 0.3 is 5.97 Å². The number of aromatic carboxylic acids is 1. The Morgan fingerprint density at radius 3 is 2.65 bits per heavy atom. The zero-order valence-electron chi connectivity index (χ0n) is 13.1. The number of fused-ring (bicyclic) bond motifs is 1. The highest BCUT2D eigenvalue weighted by molar-refractivity contribution is 7.20. The number of H-pyrrole nitrogens is 1. The van der Waals surface area contributed by atoms with Gasteiger partial charge in [0.15, 0.2) is 0 Å². The number of carboxylic acid groups (broad SMARTS) is 1. The molecule has 2 heterocycles. The van der Waals surface area contributed by atoms with Gasteiger partial charge in [0.1, 0.15) is 15.5 Å². The maximum absolute atomic E-state index is 12.3. The average Bonchev–Trinajstić information content (AvgIpc) is 2.80. The second kappa shape index (κ2) is 5.62. The van der Waals surface area contributed by atoms with E-state index in [-0.39, 0.29) is 10.4 Å². The molecule has 2 N–H and O–H groups in total. The zero-order valence-corrected chi connectivity index (χ0v) is 13.9. The first kappa shape index (κ1) is 15.4. The minimum absolute atomic E-state index is 0.168. The van der Waals surface area contributed by atoms with Gasteiger partial charge < -0.3 is 10.1 Å². The first-order valence-corrected chi connectivity index (χ1v) is 8.00. The van der Waals surface area contributed by atoms with Crippen LogP contribution in [0.4, 0.5) is 0 Å². The molecule has 3 rings (SSSR count). The van der Waals surface area contributed by atoms with Gasteiger partial charge in [0.05, 0.1) is 5.39 Å². The number of nitrogens with one attached hydrogen (secondary N) is 1. The van der Waals surface area contributed by atoms with E-state index in [4.69, 9.17) is 0 Å². The van der Waals surface area contributed by atoms with E-state index < -0.39 is 5.97 Å². The third kappa shape index (κ3) is 2.77. The van der Waals surface area contributed by atoms with E-state index >= 15 is 0 Å². The van der Waals surface area contributed by atoms with Gasteiger partial charge in [-0.2, -0.15) is 0 Å². The summed E-state index contributed by atoms with van der Waals surface area (Å²) in [4.78, 5) is 31.4. The Hall–Kier alpha value is -2.47. The molecule has 2 aromatic heterocycles. The third-order valence-electron chi connectivity index (χ3n) is 3.99. The highest BCUT2D eigenvalue weighted by atomic mass is 32.1. The van der Waals surface area contributed by atoms with Crippen LogP contribution in [0.1, 0.15) is 37.7 Å². The van der Waals surface area contributed by atoms with Crippen molar-refractivity contribution in [2.24, 2.45) is 0 Å². The van der Waals surface area contributed by atoms with Crippen molar-refractivity contribution in [2.75, 3.05) is 0 Å². The SMILES string of the molecule is Cc1ccc(Cc2nc3sc(C(=O)O)c(C)c3c(=O)[nH]2)cc1C. The number of thiophene rings is 1. The molecule has 0 aliphatic rings. The second-order valence-corrected chi connectivity index (χ2v) is 6.65. The number of aryl methyl sites for hydroxylation is 3. The summed E-state index contributed by atoms with van der Waals surface area (Å²) >= 11 is 1.05. The summed E-state index contributed by atoms with van der Waals surface area (Å²) in [7, 11) is 0. The van der Waals surface area contributed by atoms with Crippen molar-refractivity contribution in [3.05, 3.63) is 61.5 Å². The van der Waals surface area contributed by atoms with Crippen LogP contribution >= 0.6 is 11.3 Å². The molecular weight excluding hydrogens is 312 g/mol. The molecule has 118 valence electrons. The number of hydrogen-bond acceptors (Lipinski definition) is 4. The second-order valence-electron chi connectivity index (χ2n) is 5.65. The summed E-state index contributed by atoms with van der Waals surface area (Å²) < 4.78 is 0. The smallest absolute Gasteiger partial charge is 0.346 e. The van der Waals surface area contributed by atoms with Gasteiger partial charge in [-0.15, -0.1) is 11.3 Å². The maximum atomic E-state index is 12.3. The van der Waals surface area contributed by atoms with Crippen molar-refractivity contribution in [3.8, 4) is 0 Å². The van der Waals surface area contributed by atoms with Crippen LogP contribution in [-0.2, 0) is 6.42 Å². The van der Waals surface area contributed by atoms with Crippen molar-refractivity contribution < 1.29 is 9.90 Å². The van der Waals surface area contributed by atoms with E-state index in [2.05, 4.69) is 16.0 Å². The van der Waals surface area contributed by atoms with Crippen LogP contribution in [0.3, 0.4) is 0 Å². The Morgan fingerprint density at radius 1 is 1.26 bits per heavy atom. The van der Waals surface area contributed by atoms with E-state index in [1.165, 1.54) is 11.1 Å². The average molecular weight is 328 g/mol. The summed E-state index contributed by atoms with van der Waals surface area (Å²) in [5.74, 6) is -0.482. The van der Waals surface area contributed by atoms with Gasteiger partial charge in [0.25, 0.3) is 5.56 Å². The third-order valence-corrected chi connectivity index (χ3v) is 5.16. The molecule has 0 aliphatic heterocycles. The number of rotatable bonds is 3. The molecule has 0 aliphatic carbocycles. The van der Waals surface area contributed by atoms with Gasteiger partial charge in [0.2, 0.25) is 0 Å². The Labute approximate surface area is 136 Å². The molecule has 0 amide bonds. The molecule has 1 aromatic carbocycles. The topological polar surface area (TPSA) is 83.0 Å². The van der Waals surface area contributed by atoms with Crippen LogP contribution in [0, 0.1) is 20.8 Å². The lowest BCUT2D eigenvalue weighted by atomic mass is 10.0. The molecule has 0 radical (unpaired) electrons. The van der Waals surface area contributed by atoms with E-state index in [0.717, 1.165) is 16.9 Å². The lowest BCUT2D eigenvalue weighted by molar-refractivity contribution is 0.0701. The van der Waals surface area contributed by atoms with Gasteiger partial charge in [-0.3, -0.25) is 4.79 Å². The summed E-state index contributed by atoms with van der Waals surface area (Å²) in [6.07, 6.45) is 0.506. The van der Waals surface area contributed by atoms with Crippen molar-refractivity contribution >= 4 is 27.5 Å². The fourth-order valence-electron chi connectivity index (χ4n) is 2.58. The van der Waals surface area contributed by atoms with Crippen LogP contribution in [0.2, 0.25) is 0 Å². The van der Waals surface area contributed by atoms with Crippen molar-refractivity contribution in [1.29, 1.82) is 0 Å². The molecule has 0 atom stereocenters.